The second-order valence-corrected chi connectivity index (χ2v) is 7.07. The largest absolute Gasteiger partial charge is 0.366 e. The predicted molar refractivity (Wildman–Crippen MR) is 105 cm³/mol. The zero-order valence-corrected chi connectivity index (χ0v) is 15.3. The zero-order chi connectivity index (χ0) is 17.1. The first-order chi connectivity index (χ1) is 11.6. The summed E-state index contributed by atoms with van der Waals surface area (Å²) in [5, 5.41) is 6.73. The van der Waals surface area contributed by atoms with Gasteiger partial charge in [0.1, 0.15) is 0 Å². The van der Waals surface area contributed by atoms with Crippen LogP contribution in [0.4, 0.5) is 0 Å². The summed E-state index contributed by atoms with van der Waals surface area (Å²) < 4.78 is 0. The van der Waals surface area contributed by atoms with Gasteiger partial charge in [-0.15, -0.1) is 11.3 Å². The molecule has 124 valence electrons. The highest BCUT2D eigenvalue weighted by molar-refractivity contribution is 7.80. The van der Waals surface area contributed by atoms with Crippen LogP contribution in [0.2, 0.25) is 0 Å². The first kappa shape index (κ1) is 16.7. The molecule has 0 unspecified atom stereocenters. The molecule has 24 heavy (non-hydrogen) atoms. The summed E-state index contributed by atoms with van der Waals surface area (Å²) in [5.74, 6) is 0. The first-order valence-electron chi connectivity index (χ1n) is 7.69. The Balaban J connectivity index is 1.94. The lowest BCUT2D eigenvalue weighted by atomic mass is 10.1. The molecule has 0 saturated heterocycles. The van der Waals surface area contributed by atoms with Crippen LogP contribution in [-0.2, 0) is 13.1 Å². The van der Waals surface area contributed by atoms with Crippen molar-refractivity contribution in [2.45, 2.75) is 20.0 Å². The van der Waals surface area contributed by atoms with Crippen molar-refractivity contribution >= 4 is 39.6 Å². The second kappa shape index (κ2) is 7.15. The van der Waals surface area contributed by atoms with Crippen molar-refractivity contribution in [3.05, 3.63) is 68.1 Å². The van der Waals surface area contributed by atoms with E-state index in [1.54, 1.807) is 18.4 Å². The van der Waals surface area contributed by atoms with Crippen LogP contribution in [0.25, 0.3) is 10.9 Å². The molecule has 2 aromatic heterocycles. The van der Waals surface area contributed by atoms with Crippen LogP contribution in [0.1, 0.15) is 16.0 Å². The molecule has 0 aliphatic carbocycles. The number of hydrogen-bond donors (Lipinski definition) is 2. The normalized spacial score (nSPS) is 10.8. The standard InChI is InChI=1S/C18H19N3OS2/c1-12-5-3-6-13-9-14(17(22)20-16(12)13)10-21(18(23)19-2)11-15-7-4-8-24-15/h3-9H,10-11H2,1-2H3,(H,19,23)(H,20,22). The summed E-state index contributed by atoms with van der Waals surface area (Å²) in [6, 6.07) is 12.1. The molecule has 1 aromatic carbocycles. The van der Waals surface area contributed by atoms with Crippen molar-refractivity contribution in [1.82, 2.24) is 15.2 Å². The summed E-state index contributed by atoms with van der Waals surface area (Å²) in [4.78, 5) is 18.7. The van der Waals surface area contributed by atoms with E-state index in [9.17, 15) is 4.79 Å². The third kappa shape index (κ3) is 3.49. The van der Waals surface area contributed by atoms with Gasteiger partial charge in [0.25, 0.3) is 5.56 Å². The van der Waals surface area contributed by atoms with E-state index in [0.717, 1.165) is 16.5 Å². The van der Waals surface area contributed by atoms with Crippen LogP contribution in [-0.4, -0.2) is 22.0 Å². The van der Waals surface area contributed by atoms with E-state index < -0.39 is 0 Å². The first-order valence-corrected chi connectivity index (χ1v) is 8.98. The molecule has 2 heterocycles. The fourth-order valence-corrected chi connectivity index (χ4v) is 3.55. The molecule has 2 N–H and O–H groups in total. The summed E-state index contributed by atoms with van der Waals surface area (Å²) in [5.41, 5.74) is 2.61. The Kier molecular flexibility index (Phi) is 4.97. The van der Waals surface area contributed by atoms with Gasteiger partial charge in [0, 0.05) is 17.5 Å². The second-order valence-electron chi connectivity index (χ2n) is 5.65. The number of hydrogen-bond acceptors (Lipinski definition) is 3. The lowest BCUT2D eigenvalue weighted by Crippen LogP contribution is -2.38. The van der Waals surface area contributed by atoms with Gasteiger partial charge < -0.3 is 15.2 Å². The van der Waals surface area contributed by atoms with E-state index >= 15 is 0 Å². The number of para-hydroxylation sites is 1. The molecule has 3 aromatic rings. The van der Waals surface area contributed by atoms with Crippen molar-refractivity contribution in [2.24, 2.45) is 0 Å². The molecule has 0 fully saturated rings. The highest BCUT2D eigenvalue weighted by Gasteiger charge is 2.14. The fraction of sp³-hybridized carbons (Fsp3) is 0.222. The van der Waals surface area contributed by atoms with E-state index in [2.05, 4.69) is 16.4 Å². The quantitative estimate of drug-likeness (QED) is 0.703. The summed E-state index contributed by atoms with van der Waals surface area (Å²) in [7, 11) is 1.80. The number of nitrogens with one attached hydrogen (secondary N) is 2. The molecule has 0 radical (unpaired) electrons. The van der Waals surface area contributed by atoms with E-state index in [4.69, 9.17) is 12.2 Å². The molecule has 0 amide bonds. The maximum absolute atomic E-state index is 12.5. The van der Waals surface area contributed by atoms with Crippen LogP contribution in [0.3, 0.4) is 0 Å². The van der Waals surface area contributed by atoms with Crippen LogP contribution < -0.4 is 10.9 Å². The van der Waals surface area contributed by atoms with Crippen molar-refractivity contribution in [1.29, 1.82) is 0 Å². The van der Waals surface area contributed by atoms with Gasteiger partial charge >= 0.3 is 0 Å². The van der Waals surface area contributed by atoms with Gasteiger partial charge in [0.05, 0.1) is 18.6 Å². The minimum absolute atomic E-state index is 0.0631. The topological polar surface area (TPSA) is 48.1 Å². The number of H-pyrrole nitrogens is 1. The number of benzene rings is 1. The SMILES string of the molecule is CNC(=S)N(Cc1cccs1)Cc1cc2cccc(C)c2[nH]c1=O. The summed E-state index contributed by atoms with van der Waals surface area (Å²) in [6.07, 6.45) is 0. The highest BCUT2D eigenvalue weighted by atomic mass is 32.1. The number of fused-ring (bicyclic) bond motifs is 1. The molecule has 0 spiro atoms. The Morgan fingerprint density at radius 2 is 2.12 bits per heavy atom. The Morgan fingerprint density at radius 1 is 1.29 bits per heavy atom. The molecule has 4 nitrogen and oxygen atoms in total. The predicted octanol–water partition coefficient (Wildman–Crippen LogP) is 3.40. The molecule has 0 atom stereocenters. The van der Waals surface area contributed by atoms with Crippen molar-refractivity contribution in [3.8, 4) is 0 Å². The van der Waals surface area contributed by atoms with Crippen LogP contribution >= 0.6 is 23.6 Å². The average Bonchev–Trinajstić information content (AvgIpc) is 3.08. The van der Waals surface area contributed by atoms with Crippen molar-refractivity contribution in [2.75, 3.05) is 7.05 Å². The minimum Gasteiger partial charge on any atom is -0.366 e. The Hall–Kier alpha value is -2.18. The van der Waals surface area contributed by atoms with E-state index in [-0.39, 0.29) is 5.56 Å². The minimum atomic E-state index is -0.0631. The number of thiophene rings is 1. The lowest BCUT2D eigenvalue weighted by molar-refractivity contribution is 0.404. The molecule has 3 rings (SSSR count). The molecule has 0 bridgehead atoms. The Labute approximate surface area is 150 Å². The monoisotopic (exact) mass is 357 g/mol. The maximum atomic E-state index is 12.5. The number of thiocarbonyl (C=S) groups is 1. The van der Waals surface area contributed by atoms with Gasteiger partial charge in [0.15, 0.2) is 5.11 Å². The molecule has 6 heteroatoms. The fourth-order valence-electron chi connectivity index (χ4n) is 2.70. The molecule has 0 aliphatic rings. The average molecular weight is 358 g/mol. The van der Waals surface area contributed by atoms with E-state index in [1.807, 2.05) is 47.5 Å². The van der Waals surface area contributed by atoms with Crippen LogP contribution in [0.15, 0.2) is 46.6 Å². The molecular formula is C18H19N3OS2. The summed E-state index contributed by atoms with van der Waals surface area (Å²) in [6.45, 7) is 3.15. The number of aromatic amines is 1. The number of aryl methyl sites for hydroxylation is 1. The summed E-state index contributed by atoms with van der Waals surface area (Å²) >= 11 is 7.10. The highest BCUT2D eigenvalue weighted by Crippen LogP contribution is 2.17. The van der Waals surface area contributed by atoms with E-state index in [1.165, 1.54) is 4.88 Å². The number of rotatable bonds is 4. The Morgan fingerprint density at radius 3 is 2.83 bits per heavy atom. The Bertz CT molecular complexity index is 916. The van der Waals surface area contributed by atoms with E-state index in [0.29, 0.717) is 23.8 Å². The van der Waals surface area contributed by atoms with Crippen molar-refractivity contribution < 1.29 is 0 Å². The number of nitrogens with zero attached hydrogens (tertiary/aromatic N) is 1. The third-order valence-electron chi connectivity index (χ3n) is 3.95. The third-order valence-corrected chi connectivity index (χ3v) is 5.28. The van der Waals surface area contributed by atoms with Crippen molar-refractivity contribution in [3.63, 3.8) is 0 Å². The van der Waals surface area contributed by atoms with Gasteiger partial charge in [-0.3, -0.25) is 4.79 Å². The van der Waals surface area contributed by atoms with Gasteiger partial charge in [-0.2, -0.15) is 0 Å². The molecule has 0 saturated carbocycles. The van der Waals surface area contributed by atoms with Gasteiger partial charge in [-0.1, -0.05) is 24.3 Å². The van der Waals surface area contributed by atoms with Gasteiger partial charge in [-0.25, -0.2) is 0 Å². The van der Waals surface area contributed by atoms with Gasteiger partial charge in [-0.05, 0) is 47.6 Å². The number of pyridine rings is 1. The lowest BCUT2D eigenvalue weighted by Gasteiger charge is -2.24. The van der Waals surface area contributed by atoms with Crippen LogP contribution in [0.5, 0.6) is 0 Å². The zero-order valence-electron chi connectivity index (χ0n) is 13.6. The smallest absolute Gasteiger partial charge is 0.253 e. The maximum Gasteiger partial charge on any atom is 0.253 e. The van der Waals surface area contributed by atoms with Gasteiger partial charge in [0.2, 0.25) is 0 Å². The molecular weight excluding hydrogens is 338 g/mol. The number of aromatic nitrogens is 1. The molecule has 0 aliphatic heterocycles. The van der Waals surface area contributed by atoms with Crippen LogP contribution in [0, 0.1) is 6.92 Å².